The topological polar surface area (TPSA) is 97.1 Å². The lowest BCUT2D eigenvalue weighted by Crippen LogP contribution is -2.45. The Kier molecular flexibility index (Phi) is 4.68. The highest BCUT2D eigenvalue weighted by molar-refractivity contribution is 5.96. The molecule has 0 spiro atoms. The molecule has 1 atom stereocenters. The number of carbonyl (C=O) groups is 2. The number of benzene rings is 1. The molecule has 27 heavy (non-hydrogen) atoms. The van der Waals surface area contributed by atoms with Crippen LogP contribution in [-0.4, -0.2) is 22.0 Å². The summed E-state index contributed by atoms with van der Waals surface area (Å²) < 4.78 is 5.12. The Balaban J connectivity index is 1.39. The molecule has 1 aliphatic heterocycles. The Morgan fingerprint density at radius 1 is 1.33 bits per heavy atom. The monoisotopic (exact) mass is 368 g/mol. The van der Waals surface area contributed by atoms with E-state index in [2.05, 4.69) is 20.8 Å². The summed E-state index contributed by atoms with van der Waals surface area (Å²) in [7, 11) is 0. The molecule has 2 amide bonds. The summed E-state index contributed by atoms with van der Waals surface area (Å²) in [5.74, 6) is 0.813. The van der Waals surface area contributed by atoms with Gasteiger partial charge in [0.15, 0.2) is 5.82 Å². The zero-order valence-electron chi connectivity index (χ0n) is 15.5. The number of hydrogen-bond acceptors (Lipinski definition) is 5. The molecule has 2 heterocycles. The van der Waals surface area contributed by atoms with Crippen LogP contribution in [0.25, 0.3) is 0 Å². The average molecular weight is 368 g/mol. The highest BCUT2D eigenvalue weighted by Crippen LogP contribution is 2.37. The highest BCUT2D eigenvalue weighted by Gasteiger charge is 2.41. The molecule has 0 saturated heterocycles. The number of fused-ring (bicyclic) bond motifs is 1. The van der Waals surface area contributed by atoms with Crippen molar-refractivity contribution < 1.29 is 14.1 Å². The van der Waals surface area contributed by atoms with Crippen molar-refractivity contribution >= 4 is 17.5 Å². The van der Waals surface area contributed by atoms with E-state index in [0.29, 0.717) is 31.0 Å². The molecule has 0 bridgehead atoms. The van der Waals surface area contributed by atoms with Crippen LogP contribution in [0.3, 0.4) is 0 Å². The lowest BCUT2D eigenvalue weighted by atomic mass is 9.89. The zero-order valence-corrected chi connectivity index (χ0v) is 15.5. The van der Waals surface area contributed by atoms with E-state index in [0.717, 1.165) is 36.9 Å². The molecule has 1 aliphatic carbocycles. The molecular weight excluding hydrogens is 344 g/mol. The van der Waals surface area contributed by atoms with Gasteiger partial charge in [0.05, 0.1) is 0 Å². The molecule has 4 rings (SSSR count). The third kappa shape index (κ3) is 3.59. The second kappa shape index (κ2) is 7.13. The summed E-state index contributed by atoms with van der Waals surface area (Å²) >= 11 is 0. The van der Waals surface area contributed by atoms with E-state index in [1.54, 1.807) is 6.92 Å². The van der Waals surface area contributed by atoms with E-state index in [9.17, 15) is 9.59 Å². The summed E-state index contributed by atoms with van der Waals surface area (Å²) in [6, 6.07) is 7.81. The number of hydrogen-bond donors (Lipinski definition) is 2. The second-order valence-corrected chi connectivity index (χ2v) is 7.56. The first kappa shape index (κ1) is 17.7. The van der Waals surface area contributed by atoms with E-state index in [-0.39, 0.29) is 17.7 Å². The fraction of sp³-hybridized carbons (Fsp3) is 0.500. The number of aromatic nitrogens is 2. The van der Waals surface area contributed by atoms with Crippen molar-refractivity contribution in [3.63, 3.8) is 0 Å². The third-order valence-electron chi connectivity index (χ3n) is 5.62. The van der Waals surface area contributed by atoms with Gasteiger partial charge >= 0.3 is 0 Å². The Labute approximate surface area is 157 Å². The van der Waals surface area contributed by atoms with Gasteiger partial charge in [-0.3, -0.25) is 9.59 Å². The Hall–Kier alpha value is -2.70. The molecule has 2 aromatic rings. The van der Waals surface area contributed by atoms with Crippen LogP contribution in [0.1, 0.15) is 55.8 Å². The van der Waals surface area contributed by atoms with Crippen LogP contribution in [0.4, 0.5) is 5.69 Å². The van der Waals surface area contributed by atoms with Crippen LogP contribution >= 0.6 is 0 Å². The molecule has 7 nitrogen and oxygen atoms in total. The molecule has 2 N–H and O–H groups in total. The fourth-order valence-electron chi connectivity index (χ4n) is 4.16. The van der Waals surface area contributed by atoms with E-state index in [1.807, 2.05) is 24.3 Å². The number of carbonyl (C=O) groups excluding carboxylic acids is 2. The van der Waals surface area contributed by atoms with Crippen LogP contribution in [0.2, 0.25) is 0 Å². The van der Waals surface area contributed by atoms with Crippen LogP contribution in [0.5, 0.6) is 0 Å². The normalized spacial score (nSPS) is 20.8. The van der Waals surface area contributed by atoms with Crippen molar-refractivity contribution in [2.24, 2.45) is 5.92 Å². The highest BCUT2D eigenvalue weighted by atomic mass is 16.5. The summed E-state index contributed by atoms with van der Waals surface area (Å²) in [6.07, 6.45) is 5.17. The van der Waals surface area contributed by atoms with Crippen LogP contribution in [-0.2, 0) is 21.5 Å². The first-order valence-electron chi connectivity index (χ1n) is 9.56. The zero-order chi connectivity index (χ0) is 18.9. The van der Waals surface area contributed by atoms with Gasteiger partial charge in [0.25, 0.3) is 0 Å². The van der Waals surface area contributed by atoms with Crippen LogP contribution in [0.15, 0.2) is 28.8 Å². The van der Waals surface area contributed by atoms with Gasteiger partial charge in [0, 0.05) is 24.9 Å². The number of rotatable bonds is 5. The van der Waals surface area contributed by atoms with Gasteiger partial charge in [-0.1, -0.05) is 36.2 Å². The maximum absolute atomic E-state index is 12.7. The Morgan fingerprint density at radius 2 is 2.11 bits per heavy atom. The summed E-state index contributed by atoms with van der Waals surface area (Å²) in [6.45, 7) is 1.75. The van der Waals surface area contributed by atoms with Gasteiger partial charge in [0.1, 0.15) is 5.54 Å². The Morgan fingerprint density at radius 3 is 2.85 bits per heavy atom. The third-order valence-corrected chi connectivity index (χ3v) is 5.62. The number of aryl methyl sites for hydroxylation is 1. The minimum Gasteiger partial charge on any atom is -0.343 e. The van der Waals surface area contributed by atoms with Gasteiger partial charge < -0.3 is 15.2 Å². The van der Waals surface area contributed by atoms with E-state index in [1.165, 1.54) is 0 Å². The summed E-state index contributed by atoms with van der Waals surface area (Å²) in [4.78, 5) is 29.3. The molecule has 0 radical (unpaired) electrons. The quantitative estimate of drug-likeness (QED) is 0.846. The number of nitrogens with zero attached hydrogens (tertiary/aromatic N) is 2. The fourth-order valence-corrected chi connectivity index (χ4v) is 4.16. The number of amides is 2. The van der Waals surface area contributed by atoms with Gasteiger partial charge in [-0.2, -0.15) is 4.98 Å². The second-order valence-electron chi connectivity index (χ2n) is 7.56. The SMILES string of the molecule is Cc1nc(C2(NC(=O)CCC3Cc4ccccc4NC3=O)CCCC2)no1. The summed E-state index contributed by atoms with van der Waals surface area (Å²) in [5.41, 5.74) is 1.47. The van der Waals surface area contributed by atoms with E-state index in [4.69, 9.17) is 4.52 Å². The van der Waals surface area contributed by atoms with Crippen molar-refractivity contribution in [3.05, 3.63) is 41.5 Å². The molecule has 1 saturated carbocycles. The summed E-state index contributed by atoms with van der Waals surface area (Å²) in [5, 5.41) is 10.1. The molecule has 1 aromatic carbocycles. The van der Waals surface area contributed by atoms with Gasteiger partial charge in [0.2, 0.25) is 17.7 Å². The maximum Gasteiger partial charge on any atom is 0.227 e. The maximum atomic E-state index is 12.7. The van der Waals surface area contributed by atoms with Crippen molar-refractivity contribution in [2.45, 2.75) is 57.4 Å². The first-order chi connectivity index (χ1) is 13.1. The molecular formula is C20H24N4O3. The number of para-hydroxylation sites is 1. The predicted molar refractivity (Wildman–Crippen MR) is 98.8 cm³/mol. The van der Waals surface area contributed by atoms with Crippen LogP contribution in [0, 0.1) is 12.8 Å². The van der Waals surface area contributed by atoms with Gasteiger partial charge in [-0.15, -0.1) is 0 Å². The number of anilines is 1. The molecule has 1 aromatic heterocycles. The molecule has 1 fully saturated rings. The largest absolute Gasteiger partial charge is 0.343 e. The molecule has 1 unspecified atom stereocenters. The standard InChI is InChI=1S/C20H24N4O3/c1-13-21-19(24-27-13)20(10-4-5-11-20)23-17(25)9-8-15-12-14-6-2-3-7-16(14)22-18(15)26/h2-3,6-7,15H,4-5,8-12H2,1H3,(H,22,26)(H,23,25). The minimum absolute atomic E-state index is 0.00845. The van der Waals surface area contributed by atoms with E-state index < -0.39 is 5.54 Å². The minimum atomic E-state index is -0.531. The van der Waals surface area contributed by atoms with Crippen molar-refractivity contribution in [2.75, 3.05) is 5.32 Å². The van der Waals surface area contributed by atoms with E-state index >= 15 is 0 Å². The van der Waals surface area contributed by atoms with Gasteiger partial charge in [-0.05, 0) is 37.3 Å². The van der Waals surface area contributed by atoms with Gasteiger partial charge in [-0.25, -0.2) is 0 Å². The van der Waals surface area contributed by atoms with Crippen molar-refractivity contribution in [3.8, 4) is 0 Å². The molecule has 142 valence electrons. The first-order valence-corrected chi connectivity index (χ1v) is 9.56. The molecule has 7 heteroatoms. The average Bonchev–Trinajstić information content (AvgIpc) is 3.30. The Bertz CT molecular complexity index is 854. The number of nitrogens with one attached hydrogen (secondary N) is 2. The molecule has 2 aliphatic rings. The lowest BCUT2D eigenvalue weighted by Gasteiger charge is -2.28. The smallest absolute Gasteiger partial charge is 0.227 e. The van der Waals surface area contributed by atoms with Crippen molar-refractivity contribution in [1.82, 2.24) is 15.5 Å². The van der Waals surface area contributed by atoms with Crippen LogP contribution < -0.4 is 10.6 Å². The predicted octanol–water partition coefficient (Wildman–Crippen LogP) is 2.85. The van der Waals surface area contributed by atoms with Crippen molar-refractivity contribution in [1.29, 1.82) is 0 Å². The lowest BCUT2D eigenvalue weighted by molar-refractivity contribution is -0.124.